The van der Waals surface area contributed by atoms with Crippen LogP contribution in [-0.2, 0) is 9.53 Å². The number of hydrogen-bond acceptors (Lipinski definition) is 5. The van der Waals surface area contributed by atoms with Gasteiger partial charge in [-0.05, 0) is 43.2 Å². The molecule has 2 aromatic rings. The highest BCUT2D eigenvalue weighted by atomic mass is 16.5. The third-order valence-corrected chi connectivity index (χ3v) is 4.94. The second kappa shape index (κ2) is 9.38. The van der Waals surface area contributed by atoms with E-state index in [1.807, 2.05) is 24.3 Å². The number of aromatic nitrogens is 2. The lowest BCUT2D eigenvalue weighted by atomic mass is 10.1. The smallest absolute Gasteiger partial charge is 0.252 e. The third-order valence-electron chi connectivity index (χ3n) is 4.94. The Balaban J connectivity index is 1.82. The van der Waals surface area contributed by atoms with Crippen LogP contribution in [0.5, 0.6) is 5.75 Å². The number of primary amides is 1. The van der Waals surface area contributed by atoms with Gasteiger partial charge < -0.3 is 20.1 Å². The number of carbonyl (C=O) groups is 2. The van der Waals surface area contributed by atoms with E-state index in [9.17, 15) is 9.59 Å². The molecule has 1 aliphatic heterocycles. The number of benzene rings is 1. The average Bonchev–Trinajstić information content (AvgIpc) is 3.20. The maximum atomic E-state index is 12.0. The number of methoxy groups -OCH3 is 1. The predicted molar refractivity (Wildman–Crippen MR) is 109 cm³/mol. The van der Waals surface area contributed by atoms with E-state index in [-0.39, 0.29) is 11.9 Å². The van der Waals surface area contributed by atoms with E-state index in [2.05, 4.69) is 11.7 Å². The molecule has 8 nitrogen and oxygen atoms in total. The van der Waals surface area contributed by atoms with Crippen molar-refractivity contribution in [2.45, 2.75) is 18.9 Å². The highest BCUT2D eigenvalue weighted by Gasteiger charge is 2.26. The van der Waals surface area contributed by atoms with Gasteiger partial charge in [0.1, 0.15) is 18.1 Å². The molecule has 1 aromatic carbocycles. The molecule has 29 heavy (non-hydrogen) atoms. The molecule has 8 heteroatoms. The maximum Gasteiger partial charge on any atom is 0.252 e. The van der Waals surface area contributed by atoms with Crippen LogP contribution < -0.4 is 10.5 Å². The molecule has 0 unspecified atom stereocenters. The highest BCUT2D eigenvalue weighted by Crippen LogP contribution is 2.28. The van der Waals surface area contributed by atoms with Gasteiger partial charge in [0, 0.05) is 32.0 Å². The number of ether oxygens (including phenoxy) is 2. The average molecular weight is 398 g/mol. The lowest BCUT2D eigenvalue weighted by molar-refractivity contribution is -0.127. The number of hydrogen-bond donors (Lipinski definition) is 1. The first-order chi connectivity index (χ1) is 14.0. The summed E-state index contributed by atoms with van der Waals surface area (Å²) >= 11 is 0. The Bertz CT molecular complexity index is 875. The molecule has 2 amide bonds. The number of piperidine rings is 1. The molecule has 2 heterocycles. The quantitative estimate of drug-likeness (QED) is 0.542. The zero-order valence-electron chi connectivity index (χ0n) is 16.5. The van der Waals surface area contributed by atoms with Crippen LogP contribution in [0.4, 0.5) is 0 Å². The number of amides is 2. The van der Waals surface area contributed by atoms with Gasteiger partial charge >= 0.3 is 0 Å². The SMILES string of the molecule is C=CC(=O)N1CCC[C@@H](n2cc(C(N)=O)c(-c3ccc(OCCOC)cc3)n2)C1. The summed E-state index contributed by atoms with van der Waals surface area (Å²) in [7, 11) is 1.62. The zero-order chi connectivity index (χ0) is 20.8. The summed E-state index contributed by atoms with van der Waals surface area (Å²) in [4.78, 5) is 25.7. The molecule has 154 valence electrons. The maximum absolute atomic E-state index is 12.0. The van der Waals surface area contributed by atoms with E-state index >= 15 is 0 Å². The Kier molecular flexibility index (Phi) is 6.66. The van der Waals surface area contributed by atoms with Crippen LogP contribution >= 0.6 is 0 Å². The van der Waals surface area contributed by atoms with Gasteiger partial charge in [-0.1, -0.05) is 6.58 Å². The van der Waals surface area contributed by atoms with Crippen molar-refractivity contribution in [1.82, 2.24) is 14.7 Å². The molecule has 1 fully saturated rings. The van der Waals surface area contributed by atoms with Gasteiger partial charge in [0.05, 0.1) is 18.2 Å². The van der Waals surface area contributed by atoms with Crippen molar-refractivity contribution in [2.75, 3.05) is 33.4 Å². The van der Waals surface area contributed by atoms with Crippen LogP contribution in [0.3, 0.4) is 0 Å². The van der Waals surface area contributed by atoms with E-state index in [0.717, 1.165) is 18.4 Å². The minimum absolute atomic E-state index is 0.0175. The van der Waals surface area contributed by atoms with Gasteiger partial charge in [-0.2, -0.15) is 5.10 Å². The first-order valence-corrected chi connectivity index (χ1v) is 9.56. The van der Waals surface area contributed by atoms with E-state index in [1.165, 1.54) is 6.08 Å². The molecule has 1 aromatic heterocycles. The number of rotatable bonds is 8. The molecule has 0 aliphatic carbocycles. The van der Waals surface area contributed by atoms with Crippen molar-refractivity contribution >= 4 is 11.8 Å². The summed E-state index contributed by atoms with van der Waals surface area (Å²) in [5.41, 5.74) is 7.24. The van der Waals surface area contributed by atoms with Gasteiger partial charge in [0.15, 0.2) is 0 Å². The number of nitrogens with two attached hydrogens (primary N) is 1. The topological polar surface area (TPSA) is 99.7 Å². The number of carbonyl (C=O) groups excluding carboxylic acids is 2. The zero-order valence-corrected chi connectivity index (χ0v) is 16.5. The van der Waals surface area contributed by atoms with Crippen LogP contribution in [-0.4, -0.2) is 59.9 Å². The molecule has 2 N–H and O–H groups in total. The van der Waals surface area contributed by atoms with E-state index in [4.69, 9.17) is 15.2 Å². The molecule has 1 atom stereocenters. The first kappa shape index (κ1) is 20.6. The Morgan fingerprint density at radius 3 is 2.72 bits per heavy atom. The van der Waals surface area contributed by atoms with Crippen molar-refractivity contribution in [2.24, 2.45) is 5.73 Å². The van der Waals surface area contributed by atoms with Crippen LogP contribution in [0.2, 0.25) is 0 Å². The molecular weight excluding hydrogens is 372 g/mol. The summed E-state index contributed by atoms with van der Waals surface area (Å²) in [6, 6.07) is 7.31. The van der Waals surface area contributed by atoms with E-state index in [0.29, 0.717) is 43.3 Å². The number of likely N-dealkylation sites (tertiary alicyclic amines) is 1. The van der Waals surface area contributed by atoms with Crippen molar-refractivity contribution in [3.8, 4) is 17.0 Å². The molecule has 1 saturated heterocycles. The minimum Gasteiger partial charge on any atom is -0.491 e. The van der Waals surface area contributed by atoms with Crippen molar-refractivity contribution < 1.29 is 19.1 Å². The fourth-order valence-corrected chi connectivity index (χ4v) is 3.42. The van der Waals surface area contributed by atoms with Crippen molar-refractivity contribution in [1.29, 1.82) is 0 Å². The lowest BCUT2D eigenvalue weighted by Gasteiger charge is -2.32. The molecule has 0 bridgehead atoms. The Hall–Kier alpha value is -3.13. The largest absolute Gasteiger partial charge is 0.491 e. The standard InChI is InChI=1S/C21H26N4O4/c1-3-19(26)24-10-4-5-16(13-24)25-14-18(21(22)27)20(23-25)15-6-8-17(9-7-15)29-12-11-28-2/h3,6-9,14,16H,1,4-5,10-13H2,2H3,(H2,22,27)/t16-/m1/s1. The molecule has 0 saturated carbocycles. The molecule has 1 aliphatic rings. The first-order valence-electron chi connectivity index (χ1n) is 9.56. The second-order valence-electron chi connectivity index (χ2n) is 6.89. The van der Waals surface area contributed by atoms with Gasteiger partial charge in [-0.25, -0.2) is 0 Å². The van der Waals surface area contributed by atoms with E-state index < -0.39 is 5.91 Å². The predicted octanol–water partition coefficient (Wildman–Crippen LogP) is 2.02. The van der Waals surface area contributed by atoms with Crippen LogP contribution in [0.25, 0.3) is 11.3 Å². The Morgan fingerprint density at radius 1 is 1.31 bits per heavy atom. The lowest BCUT2D eigenvalue weighted by Crippen LogP contribution is -2.40. The second-order valence-corrected chi connectivity index (χ2v) is 6.89. The van der Waals surface area contributed by atoms with Crippen LogP contribution in [0.15, 0.2) is 43.1 Å². The summed E-state index contributed by atoms with van der Waals surface area (Å²) in [5, 5.41) is 4.64. The van der Waals surface area contributed by atoms with Gasteiger partial charge in [0.2, 0.25) is 5.91 Å². The van der Waals surface area contributed by atoms with Crippen LogP contribution in [0.1, 0.15) is 29.2 Å². The molecular formula is C21H26N4O4. The fraction of sp³-hybridized carbons (Fsp3) is 0.381. The summed E-state index contributed by atoms with van der Waals surface area (Å²) in [5.74, 6) is 0.0690. The third kappa shape index (κ3) is 4.83. The summed E-state index contributed by atoms with van der Waals surface area (Å²) in [6.45, 7) is 5.74. The Labute approximate surface area is 169 Å². The normalized spacial score (nSPS) is 16.4. The number of nitrogens with zero attached hydrogens (tertiary/aromatic N) is 3. The minimum atomic E-state index is -0.540. The van der Waals surface area contributed by atoms with Crippen molar-refractivity contribution in [3.05, 3.63) is 48.7 Å². The highest BCUT2D eigenvalue weighted by molar-refractivity contribution is 5.98. The van der Waals surface area contributed by atoms with Gasteiger partial charge in [0.25, 0.3) is 5.91 Å². The van der Waals surface area contributed by atoms with Crippen LogP contribution in [0, 0.1) is 0 Å². The van der Waals surface area contributed by atoms with Gasteiger partial charge in [-0.3, -0.25) is 14.3 Å². The fourth-order valence-electron chi connectivity index (χ4n) is 3.42. The summed E-state index contributed by atoms with van der Waals surface area (Å²) in [6.07, 6.45) is 4.72. The molecule has 3 rings (SSSR count). The van der Waals surface area contributed by atoms with Crippen molar-refractivity contribution in [3.63, 3.8) is 0 Å². The molecule has 0 radical (unpaired) electrons. The Morgan fingerprint density at radius 2 is 2.07 bits per heavy atom. The van der Waals surface area contributed by atoms with E-state index in [1.54, 1.807) is 22.9 Å². The van der Waals surface area contributed by atoms with Gasteiger partial charge in [-0.15, -0.1) is 0 Å². The summed E-state index contributed by atoms with van der Waals surface area (Å²) < 4.78 is 12.3. The molecule has 0 spiro atoms. The monoisotopic (exact) mass is 398 g/mol.